The summed E-state index contributed by atoms with van der Waals surface area (Å²) in [5.74, 6) is -2.17. The largest absolute Gasteiger partial charge is 0.479 e. The van der Waals surface area contributed by atoms with Gasteiger partial charge in [-0.3, -0.25) is 4.79 Å². The van der Waals surface area contributed by atoms with Gasteiger partial charge in [-0.25, -0.2) is 4.79 Å². The summed E-state index contributed by atoms with van der Waals surface area (Å²) in [5.41, 5.74) is -3.75. The van der Waals surface area contributed by atoms with Crippen molar-refractivity contribution in [3.05, 3.63) is 11.6 Å². The van der Waals surface area contributed by atoms with Gasteiger partial charge in [-0.15, -0.1) is 0 Å². The zero-order chi connectivity index (χ0) is 61.5. The molecule has 10 aliphatic rings. The average molecular weight is 1210 g/mol. The molecule has 5 heterocycles. The van der Waals surface area contributed by atoms with Gasteiger partial charge < -0.3 is 119 Å². The van der Waals surface area contributed by atoms with Crippen molar-refractivity contribution >= 4 is 11.9 Å². The van der Waals surface area contributed by atoms with Crippen molar-refractivity contribution in [1.82, 2.24) is 0 Å². The Bertz CT molecular complexity index is 2430. The summed E-state index contributed by atoms with van der Waals surface area (Å²) in [5, 5.41) is 153. The molecule has 9 fully saturated rings. The first-order chi connectivity index (χ1) is 39.1. The predicted molar refractivity (Wildman–Crippen MR) is 283 cm³/mol. The van der Waals surface area contributed by atoms with Gasteiger partial charge in [-0.05, 0) is 104 Å². The van der Waals surface area contributed by atoms with Crippen LogP contribution in [-0.4, -0.2) is 251 Å². The maximum absolute atomic E-state index is 15.6. The minimum atomic E-state index is -1.97. The van der Waals surface area contributed by atoms with Crippen LogP contribution in [0.1, 0.15) is 120 Å². The summed E-state index contributed by atoms with van der Waals surface area (Å²) in [6, 6.07) is 0. The average Bonchev–Trinajstić information content (AvgIpc) is 0.668. The van der Waals surface area contributed by atoms with Gasteiger partial charge in [0, 0.05) is 5.41 Å². The summed E-state index contributed by atoms with van der Waals surface area (Å²) in [6.45, 7) is 17.4. The molecule has 4 saturated carbocycles. The molecule has 0 aromatic rings. The van der Waals surface area contributed by atoms with Crippen LogP contribution >= 0.6 is 0 Å². The summed E-state index contributed by atoms with van der Waals surface area (Å²) in [7, 11) is 0. The number of aliphatic hydroxyl groups excluding tert-OH is 13. The number of ether oxygens (including phenoxy) is 10. The van der Waals surface area contributed by atoms with Gasteiger partial charge in [0.1, 0.15) is 90.9 Å². The Labute approximate surface area is 487 Å². The Kier molecular flexibility index (Phi) is 17.7. The lowest BCUT2D eigenvalue weighted by Gasteiger charge is -2.73. The van der Waals surface area contributed by atoms with E-state index in [1.165, 1.54) is 6.92 Å². The number of carboxylic acids is 1. The molecule has 0 radical (unpaired) electrons. The first-order valence-corrected chi connectivity index (χ1v) is 29.9. The Hall–Kier alpha value is -2.20. The van der Waals surface area contributed by atoms with Gasteiger partial charge in [0.25, 0.3) is 0 Å². The van der Waals surface area contributed by atoms with Crippen molar-refractivity contribution in [3.63, 3.8) is 0 Å². The number of carbonyl (C=O) groups excluding carboxylic acids is 1. The second-order valence-electron chi connectivity index (χ2n) is 28.5. The number of hydrogen-bond donors (Lipinski definition) is 14. The number of rotatable bonds is 11. The minimum absolute atomic E-state index is 0.0596. The Balaban J connectivity index is 0.858. The SMILES string of the molecule is CC1OC(OC2C(OC(=O)C34CCC(C)(C)CC3(C)C3=CCC5C6(C)CCC(OC7OC(C(=O)O)C(O)C(O)C7O)C(C)(C)C6CCC5(C)C3(C)CC4O)OCC(O)C2O)C(O)C(O)C1OC1OCC(O)C(OC2OCC(O)C(O)C2O)C1O. The lowest BCUT2D eigenvalue weighted by molar-refractivity contribution is -0.375. The van der Waals surface area contributed by atoms with Crippen LogP contribution in [0.4, 0.5) is 0 Å². The summed E-state index contributed by atoms with van der Waals surface area (Å²) in [4.78, 5) is 27.6. The van der Waals surface area contributed by atoms with Gasteiger partial charge in [-0.1, -0.05) is 67.0 Å². The van der Waals surface area contributed by atoms with E-state index < -0.39 is 206 Å². The minimum Gasteiger partial charge on any atom is -0.479 e. The summed E-state index contributed by atoms with van der Waals surface area (Å²) >= 11 is 0. The van der Waals surface area contributed by atoms with Crippen molar-refractivity contribution in [2.75, 3.05) is 19.8 Å². The van der Waals surface area contributed by atoms with Crippen molar-refractivity contribution in [2.45, 2.75) is 268 Å². The van der Waals surface area contributed by atoms with Crippen LogP contribution in [0, 0.1) is 49.7 Å². The molecule has 14 N–H and O–H groups in total. The predicted octanol–water partition coefficient (Wildman–Crippen LogP) is -1.81. The molecule has 0 aromatic carbocycles. The number of aliphatic carboxylic acids is 1. The van der Waals surface area contributed by atoms with Crippen molar-refractivity contribution < 1.29 is 128 Å². The van der Waals surface area contributed by atoms with Gasteiger partial charge in [0.05, 0.1) is 38.1 Å². The highest BCUT2D eigenvalue weighted by atomic mass is 16.8. The smallest absolute Gasteiger partial charge is 0.335 e. The third kappa shape index (κ3) is 10.3. The zero-order valence-electron chi connectivity index (χ0n) is 49.2. The van der Waals surface area contributed by atoms with E-state index in [1.807, 2.05) is 6.92 Å². The van der Waals surface area contributed by atoms with Crippen LogP contribution in [0.15, 0.2) is 11.6 Å². The van der Waals surface area contributed by atoms with E-state index in [1.54, 1.807) is 0 Å². The Morgan fingerprint density at radius 1 is 0.536 bits per heavy atom. The van der Waals surface area contributed by atoms with Crippen LogP contribution in [0.3, 0.4) is 0 Å². The summed E-state index contributed by atoms with van der Waals surface area (Å²) < 4.78 is 58.9. The fourth-order valence-electron chi connectivity index (χ4n) is 18.1. The number of fused-ring (bicyclic) bond motifs is 7. The van der Waals surface area contributed by atoms with Crippen molar-refractivity contribution in [3.8, 4) is 0 Å². The second-order valence-corrected chi connectivity index (χ2v) is 28.5. The molecule has 5 saturated heterocycles. The van der Waals surface area contributed by atoms with Crippen LogP contribution in [0.2, 0.25) is 0 Å². The molecule has 0 bridgehead atoms. The molecular formula is C58H92O26. The molecule has 0 spiro atoms. The molecule has 5 aliphatic carbocycles. The number of allylic oxidation sites excluding steroid dienone is 2. The van der Waals surface area contributed by atoms with Gasteiger partial charge >= 0.3 is 11.9 Å². The van der Waals surface area contributed by atoms with E-state index in [9.17, 15) is 76.3 Å². The highest BCUT2D eigenvalue weighted by Gasteiger charge is 2.75. The van der Waals surface area contributed by atoms with Gasteiger partial charge in [0.2, 0.25) is 6.29 Å². The first kappa shape index (κ1) is 64.8. The number of carbonyl (C=O) groups is 2. The molecule has 0 amide bonds. The van der Waals surface area contributed by atoms with Crippen LogP contribution in [-0.2, 0) is 57.0 Å². The fourth-order valence-corrected chi connectivity index (χ4v) is 18.1. The number of carboxylic acid groups (broad SMARTS) is 1. The van der Waals surface area contributed by atoms with Crippen LogP contribution < -0.4 is 0 Å². The molecule has 31 unspecified atom stereocenters. The van der Waals surface area contributed by atoms with Crippen molar-refractivity contribution in [2.24, 2.45) is 49.7 Å². The van der Waals surface area contributed by atoms with Gasteiger partial charge in [-0.2, -0.15) is 0 Å². The van der Waals surface area contributed by atoms with E-state index in [-0.39, 0.29) is 35.5 Å². The molecule has 84 heavy (non-hydrogen) atoms. The lowest BCUT2D eigenvalue weighted by Crippen LogP contribution is -2.71. The standard InChI is InChI=1S/C58H92O26/c1-23-41(80-47-40(71)42(26(61)21-76-47)81-46-37(68)32(63)24(59)19-75-46)36(67)39(70)48(78-23)83-44-33(64)25(60)20-77-50(44)84-51(74)58-17-16-52(2,3)22-57(58,9)29-11-10-28-54(6)14-13-31(79-49-38(69)34(65)35(66)43(82-49)45(72)73)53(4,5)27(54)12-15-55(28,7)56(29,8)18-30(58)62/h11,23-28,30-44,46-50,59-71H,10,12-22H2,1-9H3,(H,72,73). The number of esters is 1. The fraction of sp³-hybridized carbons (Fsp3) is 0.931. The van der Waals surface area contributed by atoms with E-state index in [0.29, 0.717) is 32.1 Å². The zero-order valence-corrected chi connectivity index (χ0v) is 49.2. The maximum Gasteiger partial charge on any atom is 0.335 e. The molecule has 5 aliphatic heterocycles. The van der Waals surface area contributed by atoms with Gasteiger partial charge in [0.15, 0.2) is 37.4 Å². The Morgan fingerprint density at radius 2 is 1.11 bits per heavy atom. The quantitative estimate of drug-likeness (QED) is 0.0616. The first-order valence-electron chi connectivity index (χ1n) is 29.9. The third-order valence-corrected chi connectivity index (χ3v) is 22.8. The van der Waals surface area contributed by atoms with Crippen molar-refractivity contribution in [1.29, 1.82) is 0 Å². The topological polar surface area (TPSA) is 410 Å². The molecule has 480 valence electrons. The maximum atomic E-state index is 15.6. The highest BCUT2D eigenvalue weighted by molar-refractivity contribution is 5.81. The molecule has 10 rings (SSSR count). The number of hydrogen-bond acceptors (Lipinski definition) is 25. The highest BCUT2D eigenvalue weighted by Crippen LogP contribution is 2.78. The monoisotopic (exact) mass is 1200 g/mol. The second kappa shape index (κ2) is 22.9. The molecule has 31 atom stereocenters. The van der Waals surface area contributed by atoms with E-state index >= 15 is 4.79 Å². The normalized spacial score (nSPS) is 54.6. The number of aliphatic hydroxyl groups is 13. The lowest BCUT2D eigenvalue weighted by atomic mass is 9.31. The Morgan fingerprint density at radius 3 is 1.77 bits per heavy atom. The molecule has 26 nitrogen and oxygen atoms in total. The molecule has 26 heteroatoms. The third-order valence-electron chi connectivity index (χ3n) is 22.8. The van der Waals surface area contributed by atoms with E-state index in [0.717, 1.165) is 18.4 Å². The van der Waals surface area contributed by atoms with E-state index in [2.05, 4.69) is 54.5 Å². The molecule has 0 aromatic heterocycles. The van der Waals surface area contributed by atoms with Crippen LogP contribution in [0.25, 0.3) is 0 Å². The van der Waals surface area contributed by atoms with E-state index in [4.69, 9.17) is 47.4 Å². The summed E-state index contributed by atoms with van der Waals surface area (Å²) in [6.07, 6.45) is -31.3. The van der Waals surface area contributed by atoms with Crippen LogP contribution in [0.5, 0.6) is 0 Å². The molecular weight excluding hydrogens is 1110 g/mol.